The quantitative estimate of drug-likeness (QED) is 0.809. The Hall–Kier alpha value is -2.04. The molecule has 2 aromatic rings. The maximum absolute atomic E-state index is 13.0. The van der Waals surface area contributed by atoms with Gasteiger partial charge in [0, 0.05) is 18.2 Å². The van der Waals surface area contributed by atoms with Crippen molar-refractivity contribution in [1.29, 1.82) is 0 Å². The van der Waals surface area contributed by atoms with Gasteiger partial charge in [0.2, 0.25) is 0 Å². The molecule has 1 aliphatic heterocycles. The van der Waals surface area contributed by atoms with Gasteiger partial charge in [-0.1, -0.05) is 25.1 Å². The molecular formula is C21H27ClN2O2. The van der Waals surface area contributed by atoms with Crippen molar-refractivity contribution in [2.45, 2.75) is 32.2 Å². The van der Waals surface area contributed by atoms with Gasteiger partial charge in [-0.3, -0.25) is 4.79 Å². The highest BCUT2D eigenvalue weighted by Gasteiger charge is 2.25. The van der Waals surface area contributed by atoms with Gasteiger partial charge < -0.3 is 15.0 Å². The van der Waals surface area contributed by atoms with E-state index < -0.39 is 0 Å². The molecule has 0 radical (unpaired) electrons. The molecule has 1 N–H and O–H groups in total. The van der Waals surface area contributed by atoms with Crippen molar-refractivity contribution >= 4 is 18.3 Å². The van der Waals surface area contributed by atoms with Crippen LogP contribution in [0.25, 0.3) is 0 Å². The molecule has 0 aliphatic carbocycles. The molecule has 26 heavy (non-hydrogen) atoms. The van der Waals surface area contributed by atoms with E-state index >= 15 is 0 Å². The minimum Gasteiger partial charge on any atom is -0.457 e. The van der Waals surface area contributed by atoms with Crippen LogP contribution in [0, 0.1) is 0 Å². The predicted octanol–water partition coefficient (Wildman–Crippen LogP) is 4.50. The molecule has 1 heterocycles. The molecule has 0 aromatic heterocycles. The number of carbonyl (C=O) groups excluding carboxylic acids is 1. The van der Waals surface area contributed by atoms with E-state index in [1.807, 2.05) is 59.5 Å². The third kappa shape index (κ3) is 5.23. The lowest BCUT2D eigenvalue weighted by Gasteiger charge is -2.34. The van der Waals surface area contributed by atoms with Gasteiger partial charge in [-0.25, -0.2) is 0 Å². The Morgan fingerprint density at radius 3 is 2.27 bits per heavy atom. The fourth-order valence-corrected chi connectivity index (χ4v) is 3.27. The molecule has 0 saturated carbocycles. The first-order chi connectivity index (χ1) is 12.3. The lowest BCUT2D eigenvalue weighted by molar-refractivity contribution is 0.0642. The first-order valence-corrected chi connectivity index (χ1v) is 9.12. The normalized spacial score (nSPS) is 14.3. The fourth-order valence-electron chi connectivity index (χ4n) is 3.27. The highest BCUT2D eigenvalue weighted by molar-refractivity contribution is 5.94. The molecule has 1 saturated heterocycles. The van der Waals surface area contributed by atoms with E-state index in [4.69, 9.17) is 4.74 Å². The first-order valence-electron chi connectivity index (χ1n) is 9.12. The lowest BCUT2D eigenvalue weighted by Crippen LogP contribution is -2.46. The van der Waals surface area contributed by atoms with Gasteiger partial charge in [0.1, 0.15) is 11.5 Å². The molecule has 0 atom stereocenters. The second kappa shape index (κ2) is 10.2. The van der Waals surface area contributed by atoms with Crippen LogP contribution in [0.1, 0.15) is 36.5 Å². The van der Waals surface area contributed by atoms with Crippen LogP contribution >= 0.6 is 12.4 Å². The molecule has 4 nitrogen and oxygen atoms in total. The van der Waals surface area contributed by atoms with Crippen LogP contribution in [-0.2, 0) is 0 Å². The third-order valence-electron chi connectivity index (χ3n) is 4.55. The lowest BCUT2D eigenvalue weighted by atomic mass is 10.0. The summed E-state index contributed by atoms with van der Waals surface area (Å²) in [6.45, 7) is 4.91. The second-order valence-electron chi connectivity index (χ2n) is 6.42. The van der Waals surface area contributed by atoms with Gasteiger partial charge >= 0.3 is 0 Å². The topological polar surface area (TPSA) is 41.6 Å². The number of para-hydroxylation sites is 1. The number of halogens is 1. The number of rotatable bonds is 6. The van der Waals surface area contributed by atoms with Crippen LogP contribution in [0.2, 0.25) is 0 Å². The molecule has 0 bridgehead atoms. The summed E-state index contributed by atoms with van der Waals surface area (Å²) in [4.78, 5) is 15.0. The van der Waals surface area contributed by atoms with E-state index in [9.17, 15) is 4.79 Å². The van der Waals surface area contributed by atoms with Gasteiger partial charge in [-0.2, -0.15) is 0 Å². The summed E-state index contributed by atoms with van der Waals surface area (Å²) in [7, 11) is 0. The number of ether oxygens (including phenoxy) is 1. The van der Waals surface area contributed by atoms with Crippen LogP contribution in [0.3, 0.4) is 0 Å². The number of amides is 1. The van der Waals surface area contributed by atoms with E-state index in [1.165, 1.54) is 0 Å². The monoisotopic (exact) mass is 374 g/mol. The van der Waals surface area contributed by atoms with Gasteiger partial charge in [0.05, 0.1) is 0 Å². The zero-order valence-corrected chi connectivity index (χ0v) is 16.0. The van der Waals surface area contributed by atoms with E-state index in [2.05, 4.69) is 12.2 Å². The molecule has 1 aliphatic rings. The summed E-state index contributed by atoms with van der Waals surface area (Å²) >= 11 is 0. The molecule has 2 aromatic carbocycles. The fraction of sp³-hybridized carbons (Fsp3) is 0.381. The molecule has 3 rings (SSSR count). The van der Waals surface area contributed by atoms with Crippen molar-refractivity contribution in [2.24, 2.45) is 0 Å². The first kappa shape index (κ1) is 20.3. The number of carbonyl (C=O) groups is 1. The number of hydrogen-bond acceptors (Lipinski definition) is 3. The number of hydrogen-bond donors (Lipinski definition) is 1. The van der Waals surface area contributed by atoms with Crippen molar-refractivity contribution in [3.05, 3.63) is 60.2 Å². The molecular weight excluding hydrogens is 348 g/mol. The van der Waals surface area contributed by atoms with E-state index in [0.29, 0.717) is 6.04 Å². The van der Waals surface area contributed by atoms with E-state index in [1.54, 1.807) is 0 Å². The van der Waals surface area contributed by atoms with Crippen LogP contribution in [0.4, 0.5) is 0 Å². The van der Waals surface area contributed by atoms with Crippen molar-refractivity contribution in [3.63, 3.8) is 0 Å². The van der Waals surface area contributed by atoms with Gasteiger partial charge in [0.15, 0.2) is 0 Å². The smallest absolute Gasteiger partial charge is 0.254 e. The van der Waals surface area contributed by atoms with Gasteiger partial charge in [0.25, 0.3) is 5.91 Å². The number of nitrogens with zero attached hydrogens (tertiary/aromatic N) is 1. The summed E-state index contributed by atoms with van der Waals surface area (Å²) in [6, 6.07) is 17.5. The Morgan fingerprint density at radius 2 is 1.65 bits per heavy atom. The van der Waals surface area contributed by atoms with Crippen LogP contribution in [-0.4, -0.2) is 36.5 Å². The average Bonchev–Trinajstić information content (AvgIpc) is 2.68. The molecule has 140 valence electrons. The molecule has 1 amide bonds. The zero-order chi connectivity index (χ0) is 17.5. The highest BCUT2D eigenvalue weighted by atomic mass is 35.5. The Bertz CT molecular complexity index is 670. The third-order valence-corrected chi connectivity index (χ3v) is 4.55. The zero-order valence-electron chi connectivity index (χ0n) is 15.2. The molecule has 0 unspecified atom stereocenters. The Balaban J connectivity index is 0.00000243. The maximum atomic E-state index is 13.0. The van der Waals surface area contributed by atoms with Crippen molar-refractivity contribution < 1.29 is 9.53 Å². The second-order valence-corrected chi connectivity index (χ2v) is 6.42. The SMILES string of the molecule is CCCN(C(=O)c1ccc(Oc2ccccc2)cc1)C1CCNCC1.Cl. The standard InChI is InChI=1S/C21H26N2O2.ClH/c1-2-16-23(18-12-14-22-15-13-18)21(24)17-8-10-20(11-9-17)25-19-6-4-3-5-7-19;/h3-11,18,22H,2,12-16H2,1H3;1H. The Morgan fingerprint density at radius 1 is 1.04 bits per heavy atom. The van der Waals surface area contributed by atoms with Crippen molar-refractivity contribution in [2.75, 3.05) is 19.6 Å². The highest BCUT2D eigenvalue weighted by Crippen LogP contribution is 2.22. The summed E-state index contributed by atoms with van der Waals surface area (Å²) in [5.41, 5.74) is 0.729. The van der Waals surface area contributed by atoms with Crippen LogP contribution in [0.5, 0.6) is 11.5 Å². The Labute approximate surface area is 162 Å². The minimum absolute atomic E-state index is 0. The molecule has 0 spiro atoms. The molecule has 5 heteroatoms. The average molecular weight is 375 g/mol. The summed E-state index contributed by atoms with van der Waals surface area (Å²) < 4.78 is 5.80. The number of benzene rings is 2. The van der Waals surface area contributed by atoms with E-state index in [0.717, 1.165) is 56.0 Å². The van der Waals surface area contributed by atoms with Crippen molar-refractivity contribution in [1.82, 2.24) is 10.2 Å². The van der Waals surface area contributed by atoms with Gasteiger partial charge in [-0.05, 0) is 68.8 Å². The maximum Gasteiger partial charge on any atom is 0.254 e. The molecule has 1 fully saturated rings. The number of nitrogens with one attached hydrogen (secondary N) is 1. The summed E-state index contributed by atoms with van der Waals surface area (Å²) in [6.07, 6.45) is 3.03. The van der Waals surface area contributed by atoms with Crippen LogP contribution in [0.15, 0.2) is 54.6 Å². The van der Waals surface area contributed by atoms with Gasteiger partial charge in [-0.15, -0.1) is 12.4 Å². The van der Waals surface area contributed by atoms with Crippen LogP contribution < -0.4 is 10.1 Å². The summed E-state index contributed by atoms with van der Waals surface area (Å²) in [5.74, 6) is 1.66. The van der Waals surface area contributed by atoms with E-state index in [-0.39, 0.29) is 18.3 Å². The minimum atomic E-state index is 0. The Kier molecular flexibility index (Phi) is 7.95. The van der Waals surface area contributed by atoms with Crippen molar-refractivity contribution in [3.8, 4) is 11.5 Å². The summed E-state index contributed by atoms with van der Waals surface area (Å²) in [5, 5.41) is 3.37. The number of piperidine rings is 1. The largest absolute Gasteiger partial charge is 0.457 e. The predicted molar refractivity (Wildman–Crippen MR) is 107 cm³/mol.